The van der Waals surface area contributed by atoms with E-state index in [-0.39, 0.29) is 24.8 Å². The monoisotopic (exact) mass is 58.0 g/mol. The summed E-state index contributed by atoms with van der Waals surface area (Å²) in [6.45, 7) is 13.8. The van der Waals surface area contributed by atoms with Gasteiger partial charge in [-0.1, -0.05) is 0 Å². The van der Waals surface area contributed by atoms with Crippen LogP contribution in [0.5, 0.6) is 0 Å². The van der Waals surface area contributed by atoms with E-state index in [0.29, 0.717) is 0 Å². The van der Waals surface area contributed by atoms with E-state index in [4.69, 9.17) is 0 Å². The molecule has 0 unspecified atom stereocenters. The largest absolute Gasteiger partial charge is 1.00 e. The molecule has 0 saturated carbocycles. The van der Waals surface area contributed by atoms with Gasteiger partial charge in [-0.25, -0.2) is 20.8 Å². The first-order valence-corrected chi connectivity index (χ1v) is 0.866. The maximum absolute atomic E-state index is 4.58. The van der Waals surface area contributed by atoms with Crippen molar-refractivity contribution < 1.29 is 18.9 Å². The van der Waals surface area contributed by atoms with Crippen molar-refractivity contribution in [1.82, 2.24) is 0 Å². The first-order valence-electron chi connectivity index (χ1n) is 0.866. The summed E-state index contributed by atoms with van der Waals surface area (Å²) < 4.78 is 0. The minimum Gasteiger partial charge on any atom is -0.318 e. The summed E-state index contributed by atoms with van der Waals surface area (Å²) in [5.74, 6) is -0.0833. The first kappa shape index (κ1) is 9.14. The van der Waals surface area contributed by atoms with Gasteiger partial charge in [0.05, 0.1) is 0 Å². The van der Waals surface area contributed by atoms with Gasteiger partial charge < -0.3 is 5.92 Å². The van der Waals surface area contributed by atoms with Crippen LogP contribution in [0, 0.1) is 26.7 Å². The summed E-state index contributed by atoms with van der Waals surface area (Å²) >= 11 is 0. The summed E-state index contributed by atoms with van der Waals surface area (Å²) in [6, 6.07) is 0. The van der Waals surface area contributed by atoms with Crippen molar-refractivity contribution in [2.75, 3.05) is 0 Å². The van der Waals surface area contributed by atoms with E-state index >= 15 is 0 Å². The van der Waals surface area contributed by atoms with Crippen LogP contribution >= 0.6 is 0 Å². The van der Waals surface area contributed by atoms with Gasteiger partial charge in [0.25, 0.3) is 0 Å². The SMILES string of the molecule is [CH][C-]([CH])[CH].[Li+]. The molecule has 0 aliphatic carbocycles. The summed E-state index contributed by atoms with van der Waals surface area (Å²) in [6.07, 6.45) is 0. The predicted molar refractivity (Wildman–Crippen MR) is 16.1 cm³/mol. The van der Waals surface area contributed by atoms with Crippen LogP contribution in [0.25, 0.3) is 0 Å². The fraction of sp³-hybridized carbons (Fsp3) is 0. The second-order valence-corrected chi connectivity index (χ2v) is 0.500. The van der Waals surface area contributed by atoms with Crippen molar-refractivity contribution in [2.45, 2.75) is 0 Å². The summed E-state index contributed by atoms with van der Waals surface area (Å²) in [5, 5.41) is 0. The van der Waals surface area contributed by atoms with Crippen molar-refractivity contribution in [3.8, 4) is 0 Å². The molecule has 0 atom stereocenters. The van der Waals surface area contributed by atoms with E-state index in [0.717, 1.165) is 0 Å². The van der Waals surface area contributed by atoms with E-state index < -0.39 is 0 Å². The fourth-order valence-corrected chi connectivity index (χ4v) is 0. The van der Waals surface area contributed by atoms with Gasteiger partial charge in [-0.05, 0) is 0 Å². The molecule has 20 valence electrons. The molecule has 0 N–H and O–H groups in total. The number of hydrogen-bond acceptors (Lipinski definition) is 0. The molecule has 5 heavy (non-hydrogen) atoms. The van der Waals surface area contributed by atoms with Gasteiger partial charge in [-0.2, -0.15) is 0 Å². The van der Waals surface area contributed by atoms with Crippen LogP contribution in [0.1, 0.15) is 0 Å². The third kappa shape index (κ3) is 86.9. The summed E-state index contributed by atoms with van der Waals surface area (Å²) in [5.41, 5.74) is 0. The van der Waals surface area contributed by atoms with E-state index in [9.17, 15) is 0 Å². The van der Waals surface area contributed by atoms with Gasteiger partial charge in [0.15, 0.2) is 0 Å². The standard InChI is InChI=1S/C4H3.Li/c1-4(2)3;/h1-3H;/q-1;+1. The maximum atomic E-state index is 4.58. The minimum absolute atomic E-state index is 0. The Morgan fingerprint density at radius 2 is 1.00 bits per heavy atom. The molecular weight excluding hydrogens is 55.0 g/mol. The normalized spacial score (nSPS) is 7.20. The van der Waals surface area contributed by atoms with Crippen LogP contribution in [0.2, 0.25) is 0 Å². The Morgan fingerprint density at radius 3 is 1.00 bits per heavy atom. The van der Waals surface area contributed by atoms with Gasteiger partial charge in [0.1, 0.15) is 0 Å². The summed E-state index contributed by atoms with van der Waals surface area (Å²) in [4.78, 5) is 0. The van der Waals surface area contributed by atoms with Crippen molar-refractivity contribution in [1.29, 1.82) is 0 Å². The quantitative estimate of drug-likeness (QED) is 0.217. The van der Waals surface area contributed by atoms with E-state index in [1.165, 1.54) is 0 Å². The van der Waals surface area contributed by atoms with Crippen LogP contribution in [-0.4, -0.2) is 0 Å². The van der Waals surface area contributed by atoms with Gasteiger partial charge in [-0.15, -0.1) is 0 Å². The molecule has 0 saturated heterocycles. The van der Waals surface area contributed by atoms with E-state index in [2.05, 4.69) is 20.8 Å². The molecule has 0 heterocycles. The van der Waals surface area contributed by atoms with Crippen LogP contribution in [0.4, 0.5) is 0 Å². The maximum Gasteiger partial charge on any atom is 1.00 e. The topological polar surface area (TPSA) is 0 Å². The number of rotatable bonds is 0. The molecule has 6 radical (unpaired) electrons. The van der Waals surface area contributed by atoms with Crippen LogP contribution in [0.15, 0.2) is 0 Å². The fourth-order valence-electron chi connectivity index (χ4n) is 0. The molecule has 0 bridgehead atoms. The molecule has 1 heteroatoms. The average Bonchev–Trinajstić information content (AvgIpc) is 0.811. The molecule has 0 aliphatic heterocycles. The average molecular weight is 58.0 g/mol. The Kier molecular flexibility index (Phi) is 8.41. The molecule has 0 amide bonds. The van der Waals surface area contributed by atoms with Gasteiger partial charge in [0, 0.05) is 0 Å². The molecule has 0 aromatic heterocycles. The Labute approximate surface area is 46.1 Å². The van der Waals surface area contributed by atoms with Crippen LogP contribution < -0.4 is 18.9 Å². The van der Waals surface area contributed by atoms with Gasteiger partial charge in [0.2, 0.25) is 0 Å². The minimum atomic E-state index is -0.0833. The van der Waals surface area contributed by atoms with Gasteiger partial charge >= 0.3 is 18.9 Å². The molecule has 0 nitrogen and oxygen atoms in total. The third-order valence-electron chi connectivity index (χ3n) is 0. The second-order valence-electron chi connectivity index (χ2n) is 0.500. The molecule has 0 rings (SSSR count). The Balaban J connectivity index is 0. The third-order valence-corrected chi connectivity index (χ3v) is 0. The zero-order chi connectivity index (χ0) is 3.58. The zero-order valence-corrected chi connectivity index (χ0v) is 3.23. The van der Waals surface area contributed by atoms with Crippen molar-refractivity contribution >= 4 is 0 Å². The Morgan fingerprint density at radius 1 is 1.00 bits per heavy atom. The molecule has 0 spiro atoms. The molecule has 0 fully saturated rings. The van der Waals surface area contributed by atoms with Gasteiger partial charge in [-0.3, -0.25) is 0 Å². The number of hydrogen-bond donors (Lipinski definition) is 0. The zero-order valence-electron chi connectivity index (χ0n) is 3.23. The molecule has 0 aromatic rings. The van der Waals surface area contributed by atoms with Crippen molar-refractivity contribution in [3.05, 3.63) is 26.7 Å². The van der Waals surface area contributed by atoms with E-state index in [1.807, 2.05) is 0 Å². The molecular formula is C4H3Li. The summed E-state index contributed by atoms with van der Waals surface area (Å²) in [7, 11) is 0. The smallest absolute Gasteiger partial charge is 0.318 e. The van der Waals surface area contributed by atoms with Crippen LogP contribution in [0.3, 0.4) is 0 Å². The van der Waals surface area contributed by atoms with Crippen LogP contribution in [-0.2, 0) is 0 Å². The Bertz CT molecular complexity index is 8.36. The predicted octanol–water partition coefficient (Wildman–Crippen LogP) is -2.30. The van der Waals surface area contributed by atoms with E-state index in [1.54, 1.807) is 0 Å². The Hall–Kier alpha value is 0.597. The molecule has 0 aliphatic rings. The first-order chi connectivity index (χ1) is 1.73. The van der Waals surface area contributed by atoms with Crippen molar-refractivity contribution in [3.63, 3.8) is 0 Å². The van der Waals surface area contributed by atoms with Crippen molar-refractivity contribution in [2.24, 2.45) is 0 Å². The molecule has 0 aromatic carbocycles. The second kappa shape index (κ2) is 4.60.